The molecule has 2 N–H and O–H groups in total. The highest BCUT2D eigenvalue weighted by Gasteiger charge is 2.05. The number of ether oxygens (including phenoxy) is 1. The molecule has 0 bridgehead atoms. The molecule has 1 atom stereocenters. The molecule has 0 saturated carbocycles. The highest BCUT2D eigenvalue weighted by Crippen LogP contribution is 2.07. The summed E-state index contributed by atoms with van der Waals surface area (Å²) >= 11 is 0. The van der Waals surface area contributed by atoms with Crippen molar-refractivity contribution in [3.05, 3.63) is 22.6 Å². The SMILES string of the molecule is COCCN(C)c1cnn(CCCCC(C)N)c(=O)c1. The van der Waals surface area contributed by atoms with E-state index >= 15 is 0 Å². The zero-order chi connectivity index (χ0) is 15.0. The second kappa shape index (κ2) is 8.71. The minimum absolute atomic E-state index is 0.0624. The van der Waals surface area contributed by atoms with Gasteiger partial charge < -0.3 is 15.4 Å². The van der Waals surface area contributed by atoms with E-state index in [4.69, 9.17) is 10.5 Å². The second-order valence-corrected chi connectivity index (χ2v) is 5.16. The third kappa shape index (κ3) is 5.71. The normalized spacial score (nSPS) is 12.4. The first-order valence-electron chi connectivity index (χ1n) is 7.07. The quantitative estimate of drug-likeness (QED) is 0.680. The third-order valence-electron chi connectivity index (χ3n) is 3.21. The first-order chi connectivity index (χ1) is 9.54. The summed E-state index contributed by atoms with van der Waals surface area (Å²) < 4.78 is 6.53. The molecule has 0 aliphatic carbocycles. The number of hydrogen-bond donors (Lipinski definition) is 1. The Balaban J connectivity index is 2.53. The van der Waals surface area contributed by atoms with Gasteiger partial charge in [0.2, 0.25) is 0 Å². The lowest BCUT2D eigenvalue weighted by Gasteiger charge is -2.18. The maximum absolute atomic E-state index is 12.0. The first-order valence-corrected chi connectivity index (χ1v) is 7.07. The van der Waals surface area contributed by atoms with E-state index in [0.29, 0.717) is 13.2 Å². The molecule has 0 aliphatic rings. The number of hydrogen-bond acceptors (Lipinski definition) is 5. The summed E-state index contributed by atoms with van der Waals surface area (Å²) in [7, 11) is 3.58. The van der Waals surface area contributed by atoms with Crippen LogP contribution in [0.15, 0.2) is 17.1 Å². The van der Waals surface area contributed by atoms with Gasteiger partial charge in [-0.25, -0.2) is 4.68 Å². The van der Waals surface area contributed by atoms with Crippen molar-refractivity contribution in [2.24, 2.45) is 5.73 Å². The lowest BCUT2D eigenvalue weighted by Crippen LogP contribution is -2.27. The number of rotatable bonds is 9. The highest BCUT2D eigenvalue weighted by atomic mass is 16.5. The summed E-state index contributed by atoms with van der Waals surface area (Å²) in [5.74, 6) is 0. The summed E-state index contributed by atoms with van der Waals surface area (Å²) in [6, 6.07) is 1.84. The van der Waals surface area contributed by atoms with Gasteiger partial charge in [-0.1, -0.05) is 6.42 Å². The molecule has 1 aromatic heterocycles. The Morgan fingerprint density at radius 2 is 2.25 bits per heavy atom. The van der Waals surface area contributed by atoms with Crippen LogP contribution in [0.1, 0.15) is 26.2 Å². The van der Waals surface area contributed by atoms with Gasteiger partial charge in [0.1, 0.15) is 0 Å². The van der Waals surface area contributed by atoms with E-state index in [9.17, 15) is 4.79 Å². The molecule has 0 spiro atoms. The molecule has 0 fully saturated rings. The molecule has 0 amide bonds. The standard InChI is InChI=1S/C14H26N4O2/c1-12(15)6-4-5-7-18-14(19)10-13(11-16-18)17(2)8-9-20-3/h10-12H,4-9,15H2,1-3H3. The zero-order valence-electron chi connectivity index (χ0n) is 12.7. The van der Waals surface area contributed by atoms with Crippen LogP contribution in [0, 0.1) is 0 Å². The van der Waals surface area contributed by atoms with E-state index in [1.165, 1.54) is 4.68 Å². The Labute approximate surface area is 120 Å². The molecule has 6 nitrogen and oxygen atoms in total. The van der Waals surface area contributed by atoms with Crippen LogP contribution in [0.2, 0.25) is 0 Å². The monoisotopic (exact) mass is 282 g/mol. The van der Waals surface area contributed by atoms with Crippen LogP contribution >= 0.6 is 0 Å². The molecule has 1 aromatic rings. The van der Waals surface area contributed by atoms with Gasteiger partial charge in [-0.3, -0.25) is 4.79 Å². The van der Waals surface area contributed by atoms with E-state index in [-0.39, 0.29) is 11.6 Å². The van der Waals surface area contributed by atoms with Gasteiger partial charge in [-0.2, -0.15) is 5.10 Å². The summed E-state index contributed by atoms with van der Waals surface area (Å²) in [5.41, 5.74) is 6.45. The maximum atomic E-state index is 12.0. The van der Waals surface area contributed by atoms with Crippen LogP contribution < -0.4 is 16.2 Å². The van der Waals surface area contributed by atoms with Crippen LogP contribution in [0.4, 0.5) is 5.69 Å². The molecule has 1 heterocycles. The Kier molecular flexibility index (Phi) is 7.25. The summed E-state index contributed by atoms with van der Waals surface area (Å²) in [5, 5.41) is 4.21. The number of anilines is 1. The van der Waals surface area contributed by atoms with Crippen LogP contribution in [0.5, 0.6) is 0 Å². The summed E-state index contributed by atoms with van der Waals surface area (Å²) in [4.78, 5) is 13.9. The summed E-state index contributed by atoms with van der Waals surface area (Å²) in [6.07, 6.45) is 4.64. The van der Waals surface area contributed by atoms with Crippen LogP contribution in [0.3, 0.4) is 0 Å². The fourth-order valence-corrected chi connectivity index (χ4v) is 1.89. The molecular formula is C14H26N4O2. The van der Waals surface area contributed by atoms with Crippen molar-refractivity contribution >= 4 is 5.69 Å². The summed E-state index contributed by atoms with van der Waals surface area (Å²) in [6.45, 7) is 4.00. The largest absolute Gasteiger partial charge is 0.383 e. The van der Waals surface area contributed by atoms with Crippen molar-refractivity contribution in [3.8, 4) is 0 Å². The van der Waals surface area contributed by atoms with E-state index in [1.54, 1.807) is 19.4 Å². The van der Waals surface area contributed by atoms with Gasteiger partial charge in [-0.15, -0.1) is 0 Å². The van der Waals surface area contributed by atoms with Gasteiger partial charge >= 0.3 is 0 Å². The molecule has 0 aromatic carbocycles. The predicted octanol–water partition coefficient (Wildman–Crippen LogP) is 0.843. The van der Waals surface area contributed by atoms with Crippen molar-refractivity contribution in [1.29, 1.82) is 0 Å². The lowest BCUT2D eigenvalue weighted by atomic mass is 10.1. The molecule has 0 aliphatic heterocycles. The Morgan fingerprint density at radius 3 is 2.85 bits per heavy atom. The molecule has 1 rings (SSSR count). The minimum atomic E-state index is -0.0624. The van der Waals surface area contributed by atoms with Gasteiger partial charge in [0.05, 0.1) is 18.5 Å². The highest BCUT2D eigenvalue weighted by molar-refractivity contribution is 5.41. The lowest BCUT2D eigenvalue weighted by molar-refractivity contribution is 0.206. The molecule has 114 valence electrons. The van der Waals surface area contributed by atoms with Crippen molar-refractivity contribution in [2.75, 3.05) is 32.2 Å². The number of likely N-dealkylation sites (N-methyl/N-ethyl adjacent to an activating group) is 1. The van der Waals surface area contributed by atoms with E-state index in [0.717, 1.165) is 31.5 Å². The Hall–Kier alpha value is -1.40. The van der Waals surface area contributed by atoms with Crippen molar-refractivity contribution < 1.29 is 4.74 Å². The van der Waals surface area contributed by atoms with Crippen molar-refractivity contribution in [3.63, 3.8) is 0 Å². The van der Waals surface area contributed by atoms with E-state index < -0.39 is 0 Å². The number of aromatic nitrogens is 2. The van der Waals surface area contributed by atoms with E-state index in [2.05, 4.69) is 5.10 Å². The van der Waals surface area contributed by atoms with Crippen LogP contribution in [-0.4, -0.2) is 43.1 Å². The average Bonchev–Trinajstić information content (AvgIpc) is 2.42. The van der Waals surface area contributed by atoms with Crippen LogP contribution in [0.25, 0.3) is 0 Å². The smallest absolute Gasteiger partial charge is 0.268 e. The van der Waals surface area contributed by atoms with Gasteiger partial charge in [0.15, 0.2) is 0 Å². The van der Waals surface area contributed by atoms with Crippen LogP contribution in [-0.2, 0) is 11.3 Å². The fourth-order valence-electron chi connectivity index (χ4n) is 1.89. The first kappa shape index (κ1) is 16.7. The third-order valence-corrected chi connectivity index (χ3v) is 3.21. The molecular weight excluding hydrogens is 256 g/mol. The number of nitrogens with two attached hydrogens (primary N) is 1. The Bertz CT molecular complexity index is 445. The van der Waals surface area contributed by atoms with Gasteiger partial charge in [0.25, 0.3) is 5.56 Å². The number of methoxy groups -OCH3 is 1. The fraction of sp³-hybridized carbons (Fsp3) is 0.714. The van der Waals surface area contributed by atoms with Crippen molar-refractivity contribution in [1.82, 2.24) is 9.78 Å². The maximum Gasteiger partial charge on any atom is 0.268 e. The predicted molar refractivity (Wildman–Crippen MR) is 81.1 cm³/mol. The number of unbranched alkanes of at least 4 members (excludes halogenated alkanes) is 1. The molecule has 20 heavy (non-hydrogen) atoms. The molecule has 6 heteroatoms. The van der Waals surface area contributed by atoms with Crippen molar-refractivity contribution in [2.45, 2.75) is 38.8 Å². The molecule has 1 unspecified atom stereocenters. The Morgan fingerprint density at radius 1 is 1.50 bits per heavy atom. The molecule has 0 radical (unpaired) electrons. The molecule has 0 saturated heterocycles. The second-order valence-electron chi connectivity index (χ2n) is 5.16. The topological polar surface area (TPSA) is 73.4 Å². The van der Waals surface area contributed by atoms with Gasteiger partial charge in [-0.05, 0) is 19.8 Å². The minimum Gasteiger partial charge on any atom is -0.383 e. The van der Waals surface area contributed by atoms with Gasteiger partial charge in [0, 0.05) is 39.4 Å². The zero-order valence-corrected chi connectivity index (χ0v) is 12.7. The number of aryl methyl sites for hydroxylation is 1. The van der Waals surface area contributed by atoms with E-state index in [1.807, 2.05) is 18.9 Å². The number of nitrogens with zero attached hydrogens (tertiary/aromatic N) is 3. The average molecular weight is 282 g/mol.